The highest BCUT2D eigenvalue weighted by molar-refractivity contribution is 6.30. The molecule has 5 rings (SSSR count). The van der Waals surface area contributed by atoms with Crippen LogP contribution in [0, 0.1) is 40.3 Å². The van der Waals surface area contributed by atoms with Crippen molar-refractivity contribution in [2.75, 3.05) is 12.4 Å². The fraction of sp³-hybridized carbons (Fsp3) is 0.654. The van der Waals surface area contributed by atoms with Gasteiger partial charge in [-0.3, -0.25) is 9.59 Å². The first-order valence-corrected chi connectivity index (χ1v) is 12.6. The largest absolute Gasteiger partial charge is 0.318 e. The van der Waals surface area contributed by atoms with E-state index in [1.807, 2.05) is 11.9 Å². The Morgan fingerprint density at radius 2 is 2.03 bits per heavy atom. The van der Waals surface area contributed by atoms with Crippen LogP contribution in [0.25, 0.3) is 0 Å². The highest BCUT2D eigenvalue weighted by Crippen LogP contribution is 2.67. The number of anilines is 1. The SMILES string of the molecule is CN1C(=O)CC[C@@]2(C)C1=C(Cl)C[C@H]1[C@@H]3CC[C@H](CC(=O)Nc4ccc(F)cn4)[C@@]3(C)CC[C@@H]12. The second-order valence-electron chi connectivity index (χ2n) is 11.1. The molecule has 178 valence electrons. The fourth-order valence-corrected chi connectivity index (χ4v) is 8.51. The summed E-state index contributed by atoms with van der Waals surface area (Å²) in [5, 5.41) is 3.70. The molecule has 3 aliphatic carbocycles. The van der Waals surface area contributed by atoms with Crippen LogP contribution in [0.15, 0.2) is 29.1 Å². The first-order valence-electron chi connectivity index (χ1n) is 12.2. The number of allylic oxidation sites excluding steroid dienone is 2. The van der Waals surface area contributed by atoms with Gasteiger partial charge in [-0.15, -0.1) is 0 Å². The van der Waals surface area contributed by atoms with E-state index in [1.165, 1.54) is 12.1 Å². The maximum atomic E-state index is 13.1. The van der Waals surface area contributed by atoms with Crippen molar-refractivity contribution in [2.24, 2.45) is 34.5 Å². The first-order chi connectivity index (χ1) is 15.6. The molecule has 0 unspecified atom stereocenters. The number of halogens is 2. The molecule has 0 bridgehead atoms. The van der Waals surface area contributed by atoms with E-state index in [2.05, 4.69) is 24.1 Å². The van der Waals surface area contributed by atoms with Crippen LogP contribution in [-0.4, -0.2) is 28.7 Å². The molecule has 4 aliphatic rings. The van der Waals surface area contributed by atoms with E-state index in [0.29, 0.717) is 42.3 Å². The summed E-state index contributed by atoms with van der Waals surface area (Å²) in [7, 11) is 1.88. The topological polar surface area (TPSA) is 62.3 Å². The van der Waals surface area contributed by atoms with Crippen molar-refractivity contribution in [1.29, 1.82) is 0 Å². The lowest BCUT2D eigenvalue weighted by Crippen LogP contribution is -2.54. The zero-order chi connectivity index (χ0) is 23.5. The summed E-state index contributed by atoms with van der Waals surface area (Å²) < 4.78 is 13.1. The molecule has 1 saturated heterocycles. The molecule has 3 fully saturated rings. The van der Waals surface area contributed by atoms with E-state index < -0.39 is 5.82 Å². The summed E-state index contributed by atoms with van der Waals surface area (Å²) in [5.74, 6) is 1.98. The Morgan fingerprint density at radius 1 is 1.24 bits per heavy atom. The quantitative estimate of drug-likeness (QED) is 0.610. The van der Waals surface area contributed by atoms with E-state index in [-0.39, 0.29) is 22.6 Å². The van der Waals surface area contributed by atoms with Gasteiger partial charge in [-0.25, -0.2) is 9.37 Å². The lowest BCUT2D eigenvalue weighted by molar-refractivity contribution is -0.136. The highest BCUT2D eigenvalue weighted by Gasteiger charge is 2.60. The lowest BCUT2D eigenvalue weighted by atomic mass is 9.49. The third kappa shape index (κ3) is 3.60. The van der Waals surface area contributed by atoms with Crippen molar-refractivity contribution in [3.8, 4) is 0 Å². The summed E-state index contributed by atoms with van der Waals surface area (Å²) in [6, 6.07) is 2.81. The molecule has 6 atom stereocenters. The van der Waals surface area contributed by atoms with Crippen LogP contribution >= 0.6 is 11.6 Å². The van der Waals surface area contributed by atoms with Crippen LogP contribution in [0.5, 0.6) is 0 Å². The molecular formula is C26H33ClFN3O2. The monoisotopic (exact) mass is 473 g/mol. The fourth-order valence-electron chi connectivity index (χ4n) is 7.99. The van der Waals surface area contributed by atoms with Gasteiger partial charge in [0.2, 0.25) is 11.8 Å². The van der Waals surface area contributed by atoms with Gasteiger partial charge in [0.15, 0.2) is 0 Å². The molecule has 1 aliphatic heterocycles. The van der Waals surface area contributed by atoms with Crippen LogP contribution in [-0.2, 0) is 9.59 Å². The number of hydrogen-bond donors (Lipinski definition) is 1. The number of likely N-dealkylation sites (tertiary alicyclic amines) is 1. The predicted molar refractivity (Wildman–Crippen MR) is 126 cm³/mol. The van der Waals surface area contributed by atoms with Gasteiger partial charge in [0.05, 0.1) is 6.20 Å². The Kier molecular flexibility index (Phi) is 5.58. The van der Waals surface area contributed by atoms with Crippen LogP contribution in [0.4, 0.5) is 10.2 Å². The average Bonchev–Trinajstić information content (AvgIpc) is 3.09. The molecule has 1 aromatic heterocycles. The second kappa shape index (κ2) is 8.07. The van der Waals surface area contributed by atoms with Crippen molar-refractivity contribution in [2.45, 2.75) is 65.2 Å². The summed E-state index contributed by atoms with van der Waals surface area (Å²) in [4.78, 5) is 31.0. The predicted octanol–water partition coefficient (Wildman–Crippen LogP) is 5.72. The summed E-state index contributed by atoms with van der Waals surface area (Å²) in [5.41, 5.74) is 1.12. The number of piperidine rings is 1. The third-order valence-electron chi connectivity index (χ3n) is 9.66. The van der Waals surface area contributed by atoms with E-state index >= 15 is 0 Å². The van der Waals surface area contributed by atoms with Gasteiger partial charge < -0.3 is 10.2 Å². The number of fused-ring (bicyclic) bond motifs is 5. The zero-order valence-electron chi connectivity index (χ0n) is 19.7. The van der Waals surface area contributed by atoms with Crippen LogP contribution in [0.2, 0.25) is 0 Å². The lowest BCUT2D eigenvalue weighted by Gasteiger charge is -2.59. The van der Waals surface area contributed by atoms with Crippen LogP contribution in [0.3, 0.4) is 0 Å². The standard InChI is InChI=1S/C26H33ClFN3O2/c1-25-10-8-19-17(13-20(27)24-26(19,2)11-9-23(33)31(24)3)18(25)6-4-15(25)12-22(32)30-21-7-5-16(28)14-29-21/h5,7,14-15,17-19H,4,6,8-13H2,1-3H3,(H,29,30,32)/t15-,17+,18+,19+,25-,26-/m1/s1. The van der Waals surface area contributed by atoms with Crippen LogP contribution < -0.4 is 5.32 Å². The average molecular weight is 474 g/mol. The van der Waals surface area contributed by atoms with Gasteiger partial charge in [-0.05, 0) is 79.7 Å². The molecular weight excluding hydrogens is 441 g/mol. The molecule has 7 heteroatoms. The van der Waals surface area contributed by atoms with E-state index in [0.717, 1.165) is 55.5 Å². The number of pyridine rings is 1. The molecule has 2 amide bonds. The molecule has 2 saturated carbocycles. The Morgan fingerprint density at radius 3 is 2.76 bits per heavy atom. The number of amides is 2. The summed E-state index contributed by atoms with van der Waals surface area (Å²) >= 11 is 6.91. The number of carbonyl (C=O) groups excluding carboxylic acids is 2. The normalized spacial score (nSPS) is 38.0. The van der Waals surface area contributed by atoms with Crippen molar-refractivity contribution < 1.29 is 14.0 Å². The Labute approximate surface area is 200 Å². The molecule has 0 aromatic carbocycles. The minimum Gasteiger partial charge on any atom is -0.318 e. The molecule has 2 heterocycles. The molecule has 5 nitrogen and oxygen atoms in total. The number of aromatic nitrogens is 1. The third-order valence-corrected chi connectivity index (χ3v) is 9.99. The Hall–Kier alpha value is -1.95. The summed E-state index contributed by atoms with van der Waals surface area (Å²) in [6.07, 6.45) is 8.27. The van der Waals surface area contributed by atoms with E-state index in [1.54, 1.807) is 0 Å². The molecule has 0 spiro atoms. The van der Waals surface area contributed by atoms with E-state index in [4.69, 9.17) is 11.6 Å². The Bertz CT molecular complexity index is 1010. The molecule has 0 radical (unpaired) electrons. The maximum Gasteiger partial charge on any atom is 0.226 e. The smallest absolute Gasteiger partial charge is 0.226 e. The number of carbonyl (C=O) groups is 2. The van der Waals surface area contributed by atoms with Gasteiger partial charge in [0, 0.05) is 36.0 Å². The van der Waals surface area contributed by atoms with Crippen molar-refractivity contribution in [3.63, 3.8) is 0 Å². The van der Waals surface area contributed by atoms with Crippen molar-refractivity contribution in [1.82, 2.24) is 9.88 Å². The van der Waals surface area contributed by atoms with E-state index in [9.17, 15) is 14.0 Å². The molecule has 1 aromatic rings. The zero-order valence-corrected chi connectivity index (χ0v) is 20.4. The minimum absolute atomic E-state index is 0.0479. The number of nitrogens with zero attached hydrogens (tertiary/aromatic N) is 2. The van der Waals surface area contributed by atoms with Gasteiger partial charge in [0.25, 0.3) is 0 Å². The highest BCUT2D eigenvalue weighted by atomic mass is 35.5. The second-order valence-corrected chi connectivity index (χ2v) is 11.6. The van der Waals surface area contributed by atoms with Crippen LogP contribution in [0.1, 0.15) is 65.2 Å². The van der Waals surface area contributed by atoms with Gasteiger partial charge in [-0.2, -0.15) is 0 Å². The van der Waals surface area contributed by atoms with Crippen molar-refractivity contribution in [3.05, 3.63) is 34.9 Å². The first kappa shape index (κ1) is 22.8. The van der Waals surface area contributed by atoms with Gasteiger partial charge >= 0.3 is 0 Å². The maximum absolute atomic E-state index is 13.1. The number of rotatable bonds is 3. The Balaban J connectivity index is 1.34. The van der Waals surface area contributed by atoms with Gasteiger partial charge in [0.1, 0.15) is 11.6 Å². The molecule has 33 heavy (non-hydrogen) atoms. The van der Waals surface area contributed by atoms with Crippen molar-refractivity contribution >= 4 is 29.2 Å². The number of hydrogen-bond acceptors (Lipinski definition) is 3. The van der Waals surface area contributed by atoms with Gasteiger partial charge in [-0.1, -0.05) is 25.4 Å². The minimum atomic E-state index is -0.415. The number of nitrogens with one attached hydrogen (secondary N) is 1. The summed E-state index contributed by atoms with van der Waals surface area (Å²) in [6.45, 7) is 4.70. The molecule has 1 N–H and O–H groups in total.